The van der Waals surface area contributed by atoms with E-state index >= 15 is 0 Å². The zero-order valence-electron chi connectivity index (χ0n) is 27.9. The van der Waals surface area contributed by atoms with Crippen molar-refractivity contribution in [3.8, 4) is 0 Å². The molecule has 1 aromatic rings. The van der Waals surface area contributed by atoms with Gasteiger partial charge < -0.3 is 23.7 Å². The van der Waals surface area contributed by atoms with Gasteiger partial charge in [0.25, 0.3) is 0 Å². The number of halogens is 1. The normalized spacial score (nSPS) is 23.3. The fourth-order valence-corrected chi connectivity index (χ4v) is 4.41. The summed E-state index contributed by atoms with van der Waals surface area (Å²) in [5, 5.41) is 0. The molecule has 0 unspecified atom stereocenters. The monoisotopic (exact) mass is 668 g/mol. The van der Waals surface area contributed by atoms with Crippen LogP contribution in [0.3, 0.4) is 0 Å². The van der Waals surface area contributed by atoms with Crippen molar-refractivity contribution in [2.45, 2.75) is 121 Å². The highest BCUT2D eigenvalue weighted by atomic mass is 79.9. The van der Waals surface area contributed by atoms with Crippen molar-refractivity contribution in [2.24, 2.45) is 21.7 Å². The minimum Gasteiger partial charge on any atom is -0.462 e. The van der Waals surface area contributed by atoms with E-state index in [-0.39, 0.29) is 6.61 Å². The molecule has 1 aliphatic rings. The standard InChI is InChI=1S/C33H49BrO9/c1-18-16-19(34)14-15-20(18)22-24(42-28(37)32(8,9)10)25(43-29(38)33(11,12)13)23(41-27(36)31(5,6)7)21(40-22)17-39-26(35)30(2,3)4/h14-16,21-25H,17H2,1-13H3/t21-,22-,23-,24-,25-/m1/s1. The van der Waals surface area contributed by atoms with Crippen LogP contribution in [0.5, 0.6) is 0 Å². The number of esters is 4. The average Bonchev–Trinajstić information content (AvgIpc) is 2.82. The molecule has 242 valence electrons. The maximum Gasteiger partial charge on any atom is 0.311 e. The Morgan fingerprint density at radius 3 is 1.51 bits per heavy atom. The minimum absolute atomic E-state index is 0.298. The van der Waals surface area contributed by atoms with Crippen LogP contribution in [-0.4, -0.2) is 54.9 Å². The lowest BCUT2D eigenvalue weighted by molar-refractivity contribution is -0.262. The second-order valence-corrected chi connectivity index (χ2v) is 16.2. The molecule has 0 saturated carbocycles. The summed E-state index contributed by atoms with van der Waals surface area (Å²) in [5.74, 6) is -2.23. The molecule has 10 heteroatoms. The number of benzene rings is 1. The van der Waals surface area contributed by atoms with Gasteiger partial charge in [0.05, 0.1) is 21.7 Å². The fourth-order valence-electron chi connectivity index (χ4n) is 3.94. The second-order valence-electron chi connectivity index (χ2n) is 15.3. The predicted molar refractivity (Wildman–Crippen MR) is 165 cm³/mol. The third-order valence-corrected chi connectivity index (χ3v) is 7.22. The summed E-state index contributed by atoms with van der Waals surface area (Å²) in [5.41, 5.74) is -2.10. The van der Waals surface area contributed by atoms with Gasteiger partial charge in [-0.15, -0.1) is 0 Å². The summed E-state index contributed by atoms with van der Waals surface area (Å²) in [6, 6.07) is 5.53. The van der Waals surface area contributed by atoms with E-state index in [1.54, 1.807) is 83.1 Å². The SMILES string of the molecule is Cc1cc(Br)ccc1[C@H]1O[C@H](COC(=O)C(C)(C)C)[C@@H](OC(=O)C(C)(C)C)[C@@H](OC(=O)C(C)(C)C)[C@@H]1OC(=O)C(C)(C)C. The maximum absolute atomic E-state index is 13.4. The third-order valence-electron chi connectivity index (χ3n) is 6.73. The lowest BCUT2D eigenvalue weighted by Gasteiger charge is -2.46. The van der Waals surface area contributed by atoms with E-state index in [1.807, 2.05) is 25.1 Å². The molecule has 0 aromatic heterocycles. The number of hydrogen-bond acceptors (Lipinski definition) is 9. The van der Waals surface area contributed by atoms with E-state index < -0.39 is 76.1 Å². The van der Waals surface area contributed by atoms with Crippen molar-refractivity contribution >= 4 is 39.8 Å². The molecule has 1 aromatic carbocycles. The molecular formula is C33H49BrO9. The fraction of sp³-hybridized carbons (Fsp3) is 0.697. The molecule has 0 amide bonds. The Hall–Kier alpha value is -2.46. The Balaban J connectivity index is 2.80. The largest absolute Gasteiger partial charge is 0.462 e. The molecule has 1 fully saturated rings. The first-order valence-electron chi connectivity index (χ1n) is 14.6. The highest BCUT2D eigenvalue weighted by Crippen LogP contribution is 2.41. The molecule has 1 aliphatic heterocycles. The lowest BCUT2D eigenvalue weighted by Crippen LogP contribution is -2.61. The van der Waals surface area contributed by atoms with Crippen LogP contribution in [0, 0.1) is 28.6 Å². The van der Waals surface area contributed by atoms with Gasteiger partial charge in [0, 0.05) is 4.47 Å². The molecule has 0 N–H and O–H groups in total. The molecule has 9 nitrogen and oxygen atoms in total. The summed E-state index contributed by atoms with van der Waals surface area (Å²) >= 11 is 3.48. The predicted octanol–water partition coefficient (Wildman–Crippen LogP) is 6.66. The Labute approximate surface area is 264 Å². The lowest BCUT2D eigenvalue weighted by atomic mass is 9.87. The van der Waals surface area contributed by atoms with Crippen LogP contribution in [0.15, 0.2) is 22.7 Å². The highest BCUT2D eigenvalue weighted by Gasteiger charge is 2.55. The number of ether oxygens (including phenoxy) is 5. The summed E-state index contributed by atoms with van der Waals surface area (Å²) in [4.78, 5) is 52.9. The Morgan fingerprint density at radius 1 is 0.674 bits per heavy atom. The second kappa shape index (κ2) is 13.3. The van der Waals surface area contributed by atoms with Gasteiger partial charge in [-0.3, -0.25) is 19.2 Å². The van der Waals surface area contributed by atoms with E-state index in [2.05, 4.69) is 15.9 Å². The van der Waals surface area contributed by atoms with Gasteiger partial charge in [0.15, 0.2) is 18.3 Å². The van der Waals surface area contributed by atoms with E-state index in [0.29, 0.717) is 5.56 Å². The number of aryl methyl sites for hydroxylation is 1. The third kappa shape index (κ3) is 9.76. The van der Waals surface area contributed by atoms with Crippen molar-refractivity contribution < 1.29 is 42.9 Å². The number of hydrogen-bond donors (Lipinski definition) is 0. The smallest absolute Gasteiger partial charge is 0.311 e. The molecule has 0 bridgehead atoms. The molecule has 5 atom stereocenters. The van der Waals surface area contributed by atoms with Crippen molar-refractivity contribution in [2.75, 3.05) is 6.61 Å². The van der Waals surface area contributed by atoms with Gasteiger partial charge in [-0.1, -0.05) is 22.0 Å². The number of rotatable bonds is 6. The molecule has 0 spiro atoms. The minimum atomic E-state index is -1.29. The van der Waals surface area contributed by atoms with Crippen LogP contribution < -0.4 is 0 Å². The molecule has 1 heterocycles. The number of carbonyl (C=O) groups is 4. The van der Waals surface area contributed by atoms with Crippen LogP contribution >= 0.6 is 15.9 Å². The summed E-state index contributed by atoms with van der Waals surface area (Å²) in [6.07, 6.45) is -5.78. The van der Waals surface area contributed by atoms with Gasteiger partial charge in [-0.25, -0.2) is 0 Å². The molecular weight excluding hydrogens is 620 g/mol. The summed E-state index contributed by atoms with van der Waals surface area (Å²) in [7, 11) is 0. The van der Waals surface area contributed by atoms with Crippen LogP contribution in [0.25, 0.3) is 0 Å². The van der Waals surface area contributed by atoms with Crippen LogP contribution in [0.1, 0.15) is 100 Å². The van der Waals surface area contributed by atoms with Crippen molar-refractivity contribution in [3.05, 3.63) is 33.8 Å². The van der Waals surface area contributed by atoms with Crippen molar-refractivity contribution in [1.82, 2.24) is 0 Å². The molecule has 1 saturated heterocycles. The van der Waals surface area contributed by atoms with E-state index in [0.717, 1.165) is 10.0 Å². The maximum atomic E-state index is 13.4. The zero-order chi connectivity index (χ0) is 33.3. The Kier molecular flexibility index (Phi) is 11.3. The first-order chi connectivity index (χ1) is 19.3. The quantitative estimate of drug-likeness (QED) is 0.242. The highest BCUT2D eigenvalue weighted by molar-refractivity contribution is 9.10. The molecule has 0 radical (unpaired) electrons. The molecule has 2 rings (SSSR count). The van der Waals surface area contributed by atoms with Gasteiger partial charge >= 0.3 is 23.9 Å². The van der Waals surface area contributed by atoms with E-state index in [1.165, 1.54) is 0 Å². The average molecular weight is 670 g/mol. The van der Waals surface area contributed by atoms with Crippen LogP contribution in [0.2, 0.25) is 0 Å². The van der Waals surface area contributed by atoms with Crippen LogP contribution in [-0.2, 0) is 42.9 Å². The van der Waals surface area contributed by atoms with Gasteiger partial charge in [0.2, 0.25) is 0 Å². The van der Waals surface area contributed by atoms with E-state index in [4.69, 9.17) is 23.7 Å². The first kappa shape index (κ1) is 36.7. The first-order valence-corrected chi connectivity index (χ1v) is 15.4. The van der Waals surface area contributed by atoms with Gasteiger partial charge in [-0.2, -0.15) is 0 Å². The van der Waals surface area contributed by atoms with Crippen molar-refractivity contribution in [1.29, 1.82) is 0 Å². The molecule has 43 heavy (non-hydrogen) atoms. The summed E-state index contributed by atoms with van der Waals surface area (Å²) < 4.78 is 31.3. The number of carbonyl (C=O) groups excluding carboxylic acids is 4. The van der Waals surface area contributed by atoms with Crippen molar-refractivity contribution in [3.63, 3.8) is 0 Å². The topological polar surface area (TPSA) is 114 Å². The van der Waals surface area contributed by atoms with E-state index in [9.17, 15) is 19.2 Å². The Bertz CT molecular complexity index is 1190. The van der Waals surface area contributed by atoms with Gasteiger partial charge in [-0.05, 0) is 113 Å². The van der Waals surface area contributed by atoms with Crippen LogP contribution in [0.4, 0.5) is 0 Å². The molecule has 0 aliphatic carbocycles. The Morgan fingerprint density at radius 2 is 1.09 bits per heavy atom. The summed E-state index contributed by atoms with van der Waals surface area (Å²) in [6.45, 7) is 22.0. The van der Waals surface area contributed by atoms with Gasteiger partial charge in [0.1, 0.15) is 18.8 Å². The zero-order valence-corrected chi connectivity index (χ0v) is 29.5.